The highest BCUT2D eigenvalue weighted by Crippen LogP contribution is 2.12. The Kier molecular flexibility index (Phi) is 6.72. The SMILES string of the molecule is CCNC(=NCCCc1ccc(Cl)cc1)NC1CCS(=O)(=O)C1. The van der Waals surface area contributed by atoms with Gasteiger partial charge in [-0.3, -0.25) is 4.99 Å². The minimum absolute atomic E-state index is 0.0333. The molecule has 23 heavy (non-hydrogen) atoms. The van der Waals surface area contributed by atoms with Gasteiger partial charge in [-0.2, -0.15) is 0 Å². The first-order valence-electron chi connectivity index (χ1n) is 7.98. The number of hydrogen-bond acceptors (Lipinski definition) is 3. The van der Waals surface area contributed by atoms with Gasteiger partial charge in [0.2, 0.25) is 0 Å². The molecule has 1 saturated heterocycles. The zero-order valence-corrected chi connectivity index (χ0v) is 15.0. The maximum Gasteiger partial charge on any atom is 0.191 e. The Morgan fingerprint density at radius 1 is 1.35 bits per heavy atom. The van der Waals surface area contributed by atoms with Crippen molar-refractivity contribution < 1.29 is 8.42 Å². The molecule has 0 radical (unpaired) electrons. The van der Waals surface area contributed by atoms with Crippen LogP contribution in [0.3, 0.4) is 0 Å². The Balaban J connectivity index is 1.80. The third kappa shape index (κ3) is 6.39. The van der Waals surface area contributed by atoms with Crippen molar-refractivity contribution >= 4 is 27.4 Å². The summed E-state index contributed by atoms with van der Waals surface area (Å²) in [6.07, 6.45) is 2.52. The van der Waals surface area contributed by atoms with Gasteiger partial charge in [0.05, 0.1) is 11.5 Å². The molecular weight excluding hydrogens is 334 g/mol. The quantitative estimate of drug-likeness (QED) is 0.464. The van der Waals surface area contributed by atoms with Crippen LogP contribution in [0.15, 0.2) is 29.3 Å². The Bertz CT molecular complexity index is 629. The molecule has 5 nitrogen and oxygen atoms in total. The topological polar surface area (TPSA) is 70.6 Å². The van der Waals surface area contributed by atoms with E-state index >= 15 is 0 Å². The summed E-state index contributed by atoms with van der Waals surface area (Å²) in [5, 5.41) is 7.14. The van der Waals surface area contributed by atoms with Gasteiger partial charge in [0.25, 0.3) is 0 Å². The van der Waals surface area contributed by atoms with E-state index in [0.29, 0.717) is 18.9 Å². The lowest BCUT2D eigenvalue weighted by Gasteiger charge is -2.15. The average Bonchev–Trinajstić information content (AvgIpc) is 2.84. The van der Waals surface area contributed by atoms with Crippen molar-refractivity contribution in [1.29, 1.82) is 0 Å². The fraction of sp³-hybridized carbons (Fsp3) is 0.562. The van der Waals surface area contributed by atoms with E-state index in [-0.39, 0.29) is 17.5 Å². The first-order valence-corrected chi connectivity index (χ1v) is 10.2. The van der Waals surface area contributed by atoms with Gasteiger partial charge in [-0.15, -0.1) is 0 Å². The summed E-state index contributed by atoms with van der Waals surface area (Å²) >= 11 is 5.87. The van der Waals surface area contributed by atoms with Crippen LogP contribution in [0, 0.1) is 0 Å². The zero-order valence-electron chi connectivity index (χ0n) is 13.4. The molecular formula is C16H24ClN3O2S. The molecule has 0 spiro atoms. The number of benzene rings is 1. The van der Waals surface area contributed by atoms with Crippen molar-refractivity contribution in [2.24, 2.45) is 4.99 Å². The Hall–Kier alpha value is -1.27. The maximum absolute atomic E-state index is 11.5. The Morgan fingerprint density at radius 2 is 2.09 bits per heavy atom. The van der Waals surface area contributed by atoms with Crippen LogP contribution in [0.5, 0.6) is 0 Å². The Morgan fingerprint density at radius 3 is 2.70 bits per heavy atom. The van der Waals surface area contributed by atoms with Crippen LogP contribution in [0.1, 0.15) is 25.3 Å². The third-order valence-corrected chi connectivity index (χ3v) is 5.74. The molecule has 1 fully saturated rings. The minimum Gasteiger partial charge on any atom is -0.357 e. The van der Waals surface area contributed by atoms with Crippen LogP contribution < -0.4 is 10.6 Å². The van der Waals surface area contributed by atoms with Gasteiger partial charge in [0.1, 0.15) is 0 Å². The second kappa shape index (κ2) is 8.55. The number of nitrogens with one attached hydrogen (secondary N) is 2. The van der Waals surface area contributed by atoms with Crippen molar-refractivity contribution in [1.82, 2.24) is 10.6 Å². The highest BCUT2D eigenvalue weighted by molar-refractivity contribution is 7.91. The van der Waals surface area contributed by atoms with E-state index in [1.165, 1.54) is 5.56 Å². The van der Waals surface area contributed by atoms with E-state index in [4.69, 9.17) is 11.6 Å². The fourth-order valence-corrected chi connectivity index (χ4v) is 4.35. The van der Waals surface area contributed by atoms with Crippen LogP contribution >= 0.6 is 11.6 Å². The molecule has 1 aromatic carbocycles. The summed E-state index contributed by atoms with van der Waals surface area (Å²) in [5.74, 6) is 1.16. The van der Waals surface area contributed by atoms with E-state index in [0.717, 1.165) is 24.4 Å². The molecule has 2 N–H and O–H groups in total. The highest BCUT2D eigenvalue weighted by Gasteiger charge is 2.28. The van der Waals surface area contributed by atoms with Crippen LogP contribution in [-0.4, -0.2) is 45.0 Å². The maximum atomic E-state index is 11.5. The number of aryl methyl sites for hydroxylation is 1. The molecule has 1 atom stereocenters. The number of halogens is 1. The summed E-state index contributed by atoms with van der Waals surface area (Å²) in [6.45, 7) is 3.44. The van der Waals surface area contributed by atoms with Crippen LogP contribution in [0.25, 0.3) is 0 Å². The number of sulfone groups is 1. The van der Waals surface area contributed by atoms with Crippen molar-refractivity contribution in [3.05, 3.63) is 34.9 Å². The molecule has 0 amide bonds. The molecule has 0 aromatic heterocycles. The molecule has 7 heteroatoms. The van der Waals surface area contributed by atoms with E-state index in [2.05, 4.69) is 15.6 Å². The van der Waals surface area contributed by atoms with E-state index in [9.17, 15) is 8.42 Å². The molecule has 1 unspecified atom stereocenters. The van der Waals surface area contributed by atoms with Crippen molar-refractivity contribution in [3.8, 4) is 0 Å². The molecule has 1 heterocycles. The van der Waals surface area contributed by atoms with Gasteiger partial charge >= 0.3 is 0 Å². The molecule has 0 saturated carbocycles. The standard InChI is InChI=1S/C16H24ClN3O2S/c1-2-18-16(20-15-9-11-23(21,22)12-15)19-10-3-4-13-5-7-14(17)8-6-13/h5-8,15H,2-4,9-12H2,1H3,(H2,18,19,20). The summed E-state index contributed by atoms with van der Waals surface area (Å²) in [6, 6.07) is 7.81. The summed E-state index contributed by atoms with van der Waals surface area (Å²) in [5.41, 5.74) is 1.24. The van der Waals surface area contributed by atoms with Crippen LogP contribution in [0.2, 0.25) is 5.02 Å². The Labute approximate surface area is 143 Å². The monoisotopic (exact) mass is 357 g/mol. The first-order chi connectivity index (χ1) is 11.0. The largest absolute Gasteiger partial charge is 0.357 e. The summed E-state index contributed by atoms with van der Waals surface area (Å²) < 4.78 is 23.0. The lowest BCUT2D eigenvalue weighted by atomic mass is 10.1. The van der Waals surface area contributed by atoms with Gasteiger partial charge in [-0.25, -0.2) is 8.42 Å². The van der Waals surface area contributed by atoms with Gasteiger partial charge in [-0.1, -0.05) is 23.7 Å². The van der Waals surface area contributed by atoms with Gasteiger partial charge < -0.3 is 10.6 Å². The van der Waals surface area contributed by atoms with Crippen molar-refractivity contribution in [3.63, 3.8) is 0 Å². The minimum atomic E-state index is -2.88. The van der Waals surface area contributed by atoms with E-state index in [1.807, 2.05) is 31.2 Å². The molecule has 0 aliphatic carbocycles. The first kappa shape index (κ1) is 18.1. The van der Waals surface area contributed by atoms with Gasteiger partial charge in [0.15, 0.2) is 15.8 Å². The lowest BCUT2D eigenvalue weighted by molar-refractivity contribution is 0.599. The molecule has 128 valence electrons. The predicted molar refractivity (Wildman–Crippen MR) is 95.9 cm³/mol. The smallest absolute Gasteiger partial charge is 0.191 e. The number of hydrogen-bond donors (Lipinski definition) is 2. The van der Waals surface area contributed by atoms with Crippen molar-refractivity contribution in [2.45, 2.75) is 32.2 Å². The number of rotatable bonds is 6. The summed E-state index contributed by atoms with van der Waals surface area (Å²) in [7, 11) is -2.88. The van der Waals surface area contributed by atoms with E-state index in [1.54, 1.807) is 0 Å². The molecule has 2 rings (SSSR count). The normalized spacial score (nSPS) is 20.4. The summed E-state index contributed by atoms with van der Waals surface area (Å²) in [4.78, 5) is 4.53. The van der Waals surface area contributed by atoms with E-state index < -0.39 is 9.84 Å². The predicted octanol–water partition coefficient (Wildman–Crippen LogP) is 2.01. The van der Waals surface area contributed by atoms with Crippen LogP contribution in [-0.2, 0) is 16.3 Å². The lowest BCUT2D eigenvalue weighted by Crippen LogP contribution is -2.44. The third-order valence-electron chi connectivity index (χ3n) is 3.72. The molecule has 1 aliphatic heterocycles. The van der Waals surface area contributed by atoms with Gasteiger partial charge in [-0.05, 0) is 43.9 Å². The molecule has 1 aromatic rings. The number of aliphatic imine (C=N–C) groups is 1. The molecule has 1 aliphatic rings. The van der Waals surface area contributed by atoms with Crippen molar-refractivity contribution in [2.75, 3.05) is 24.6 Å². The zero-order chi connectivity index (χ0) is 16.7. The van der Waals surface area contributed by atoms with Gasteiger partial charge in [0, 0.05) is 24.2 Å². The second-order valence-corrected chi connectivity index (χ2v) is 8.40. The molecule has 0 bridgehead atoms. The highest BCUT2D eigenvalue weighted by atomic mass is 35.5. The van der Waals surface area contributed by atoms with Crippen LogP contribution in [0.4, 0.5) is 0 Å². The average molecular weight is 358 g/mol. The number of nitrogens with zero attached hydrogens (tertiary/aromatic N) is 1. The second-order valence-electron chi connectivity index (χ2n) is 5.73. The number of guanidine groups is 1. The fourth-order valence-electron chi connectivity index (χ4n) is 2.55.